The number of carbonyl (C=O) groups excluding carboxylic acids is 1. The highest BCUT2D eigenvalue weighted by atomic mass is 35.5. The van der Waals surface area contributed by atoms with Gasteiger partial charge in [-0.3, -0.25) is 14.9 Å². The highest BCUT2D eigenvalue weighted by Gasteiger charge is 2.20. The average molecular weight is 318 g/mol. The van der Waals surface area contributed by atoms with Crippen molar-refractivity contribution < 1.29 is 14.1 Å². The largest absolute Gasteiger partial charge is 0.435 e. The molecule has 1 amide bonds. The van der Waals surface area contributed by atoms with Gasteiger partial charge in [-0.1, -0.05) is 11.6 Å². The minimum atomic E-state index is -0.826. The van der Waals surface area contributed by atoms with Crippen LogP contribution in [0.2, 0.25) is 5.02 Å². The third-order valence-electron chi connectivity index (χ3n) is 3.04. The summed E-state index contributed by atoms with van der Waals surface area (Å²) in [6, 6.07) is 8.98. The number of primary amides is 1. The number of oxazole rings is 1. The number of fused-ring (bicyclic) bond motifs is 1. The number of rotatable bonds is 3. The number of hydrogen-bond donors (Lipinski definition) is 1. The van der Waals surface area contributed by atoms with Crippen LogP contribution in [0, 0.1) is 10.1 Å². The fraction of sp³-hybridized carbons (Fsp3) is 0. The van der Waals surface area contributed by atoms with Crippen molar-refractivity contribution in [3.8, 4) is 11.5 Å². The average Bonchev–Trinajstić information content (AvgIpc) is 2.90. The molecule has 8 heteroatoms. The van der Waals surface area contributed by atoms with Crippen LogP contribution in [0.15, 0.2) is 40.8 Å². The van der Waals surface area contributed by atoms with Crippen molar-refractivity contribution in [3.63, 3.8) is 0 Å². The van der Waals surface area contributed by atoms with Crippen molar-refractivity contribution in [1.82, 2.24) is 4.98 Å². The van der Waals surface area contributed by atoms with Gasteiger partial charge in [0.05, 0.1) is 10.5 Å². The zero-order valence-corrected chi connectivity index (χ0v) is 11.7. The quantitative estimate of drug-likeness (QED) is 0.589. The van der Waals surface area contributed by atoms with Crippen LogP contribution in [0.25, 0.3) is 22.6 Å². The molecule has 0 saturated heterocycles. The Bertz CT molecular complexity index is 902. The Morgan fingerprint density at radius 3 is 2.55 bits per heavy atom. The number of benzene rings is 2. The molecule has 2 N–H and O–H groups in total. The Kier molecular flexibility index (Phi) is 3.26. The summed E-state index contributed by atoms with van der Waals surface area (Å²) in [6.07, 6.45) is 0. The van der Waals surface area contributed by atoms with E-state index in [1.165, 1.54) is 6.07 Å². The maximum absolute atomic E-state index is 11.5. The summed E-state index contributed by atoms with van der Waals surface area (Å²) in [4.78, 5) is 25.9. The van der Waals surface area contributed by atoms with Gasteiger partial charge in [0, 0.05) is 22.7 Å². The van der Waals surface area contributed by atoms with Gasteiger partial charge < -0.3 is 10.2 Å². The van der Waals surface area contributed by atoms with Gasteiger partial charge in [-0.05, 0) is 24.3 Å². The molecule has 0 fully saturated rings. The molecule has 1 heterocycles. The molecule has 3 rings (SSSR count). The SMILES string of the molecule is NC(=O)c1cc([N+](=O)[O-])cc2nc(-c3ccc(Cl)cc3)oc12. The summed E-state index contributed by atoms with van der Waals surface area (Å²) in [6.45, 7) is 0. The summed E-state index contributed by atoms with van der Waals surface area (Å²) in [7, 11) is 0. The van der Waals surface area contributed by atoms with E-state index in [2.05, 4.69) is 4.98 Å². The van der Waals surface area contributed by atoms with Crippen LogP contribution in [0.1, 0.15) is 10.4 Å². The van der Waals surface area contributed by atoms with Gasteiger partial charge in [-0.25, -0.2) is 4.98 Å². The van der Waals surface area contributed by atoms with E-state index < -0.39 is 10.8 Å². The molecule has 1 aromatic heterocycles. The molecule has 22 heavy (non-hydrogen) atoms. The predicted octanol–water partition coefficient (Wildman–Crippen LogP) is 3.16. The number of non-ortho nitro benzene ring substituents is 1. The van der Waals surface area contributed by atoms with Gasteiger partial charge in [0.2, 0.25) is 5.89 Å². The molecule has 2 aromatic carbocycles. The first-order chi connectivity index (χ1) is 10.5. The first-order valence-electron chi connectivity index (χ1n) is 6.10. The number of nitrogens with two attached hydrogens (primary N) is 1. The smallest absolute Gasteiger partial charge is 0.272 e. The third-order valence-corrected chi connectivity index (χ3v) is 3.29. The Hall–Kier alpha value is -2.93. The second-order valence-electron chi connectivity index (χ2n) is 4.49. The van der Waals surface area contributed by atoms with E-state index in [1.807, 2.05) is 0 Å². The van der Waals surface area contributed by atoms with Gasteiger partial charge in [-0.15, -0.1) is 0 Å². The van der Waals surface area contributed by atoms with E-state index >= 15 is 0 Å². The van der Waals surface area contributed by atoms with E-state index in [4.69, 9.17) is 21.8 Å². The molecule has 0 bridgehead atoms. The molecule has 7 nitrogen and oxygen atoms in total. The van der Waals surface area contributed by atoms with E-state index in [-0.39, 0.29) is 28.2 Å². The van der Waals surface area contributed by atoms with Crippen LogP contribution in [0.5, 0.6) is 0 Å². The lowest BCUT2D eigenvalue weighted by molar-refractivity contribution is -0.384. The topological polar surface area (TPSA) is 112 Å². The zero-order chi connectivity index (χ0) is 15.9. The first kappa shape index (κ1) is 14.0. The predicted molar refractivity (Wildman–Crippen MR) is 79.6 cm³/mol. The fourth-order valence-electron chi connectivity index (χ4n) is 2.02. The minimum Gasteiger partial charge on any atom is -0.435 e. The van der Waals surface area contributed by atoms with Crippen molar-refractivity contribution in [1.29, 1.82) is 0 Å². The highest BCUT2D eigenvalue weighted by Crippen LogP contribution is 2.30. The first-order valence-corrected chi connectivity index (χ1v) is 6.48. The van der Waals surface area contributed by atoms with Gasteiger partial charge in [0.1, 0.15) is 5.52 Å². The molecule has 0 aliphatic heterocycles. The number of halogens is 1. The van der Waals surface area contributed by atoms with Gasteiger partial charge in [0.25, 0.3) is 11.6 Å². The van der Waals surface area contributed by atoms with Crippen LogP contribution in [-0.4, -0.2) is 15.8 Å². The van der Waals surface area contributed by atoms with Crippen LogP contribution < -0.4 is 5.73 Å². The normalized spacial score (nSPS) is 10.8. The van der Waals surface area contributed by atoms with Crippen molar-refractivity contribution >= 4 is 34.3 Å². The summed E-state index contributed by atoms with van der Waals surface area (Å²) < 4.78 is 5.54. The summed E-state index contributed by atoms with van der Waals surface area (Å²) in [5.74, 6) is -0.609. The maximum atomic E-state index is 11.5. The van der Waals surface area contributed by atoms with Crippen LogP contribution >= 0.6 is 11.6 Å². The van der Waals surface area contributed by atoms with Gasteiger partial charge in [0.15, 0.2) is 5.58 Å². The Morgan fingerprint density at radius 1 is 1.27 bits per heavy atom. The van der Waals surface area contributed by atoms with Crippen molar-refractivity contribution in [2.24, 2.45) is 5.73 Å². The molecule has 3 aromatic rings. The number of nitro groups is 1. The Morgan fingerprint density at radius 2 is 1.95 bits per heavy atom. The summed E-state index contributed by atoms with van der Waals surface area (Å²) in [5, 5.41) is 11.5. The van der Waals surface area contributed by atoms with Crippen molar-refractivity contribution in [2.45, 2.75) is 0 Å². The van der Waals surface area contributed by atoms with Crippen LogP contribution in [0.3, 0.4) is 0 Å². The molecule has 0 unspecified atom stereocenters. The maximum Gasteiger partial charge on any atom is 0.272 e. The second-order valence-corrected chi connectivity index (χ2v) is 4.93. The summed E-state index contributed by atoms with van der Waals surface area (Å²) >= 11 is 5.81. The number of amides is 1. The molecule has 0 aliphatic rings. The minimum absolute atomic E-state index is 0.0862. The monoisotopic (exact) mass is 317 g/mol. The standard InChI is InChI=1S/C14H8ClN3O4/c15-8-3-1-7(2-4-8)14-17-11-6-9(18(20)21)5-10(13(16)19)12(11)22-14/h1-6H,(H2,16,19). The van der Waals surface area contributed by atoms with E-state index in [0.717, 1.165) is 6.07 Å². The second kappa shape index (κ2) is 5.12. The molecule has 0 radical (unpaired) electrons. The lowest BCUT2D eigenvalue weighted by Gasteiger charge is -1.97. The molecule has 0 spiro atoms. The third kappa shape index (κ3) is 2.38. The number of nitro benzene ring substituents is 1. The number of hydrogen-bond acceptors (Lipinski definition) is 5. The molecular weight excluding hydrogens is 310 g/mol. The molecular formula is C14H8ClN3O4. The highest BCUT2D eigenvalue weighted by molar-refractivity contribution is 6.30. The van der Waals surface area contributed by atoms with E-state index in [1.54, 1.807) is 24.3 Å². The van der Waals surface area contributed by atoms with Crippen LogP contribution in [0.4, 0.5) is 5.69 Å². The summed E-state index contributed by atoms with van der Waals surface area (Å²) in [5.41, 5.74) is 5.81. The van der Waals surface area contributed by atoms with E-state index in [0.29, 0.717) is 10.6 Å². The lowest BCUT2D eigenvalue weighted by Crippen LogP contribution is -2.11. The molecule has 0 aliphatic carbocycles. The van der Waals surface area contributed by atoms with Gasteiger partial charge >= 0.3 is 0 Å². The molecule has 110 valence electrons. The number of aromatic nitrogens is 1. The fourth-order valence-corrected chi connectivity index (χ4v) is 2.15. The van der Waals surface area contributed by atoms with Crippen molar-refractivity contribution in [2.75, 3.05) is 0 Å². The molecule has 0 saturated carbocycles. The number of carbonyl (C=O) groups is 1. The molecule has 0 atom stereocenters. The lowest BCUT2D eigenvalue weighted by atomic mass is 10.1. The van der Waals surface area contributed by atoms with Crippen molar-refractivity contribution in [3.05, 3.63) is 57.1 Å². The van der Waals surface area contributed by atoms with E-state index in [9.17, 15) is 14.9 Å². The Labute approximate surface area is 128 Å². The Balaban J connectivity index is 2.24. The van der Waals surface area contributed by atoms with Gasteiger partial charge in [-0.2, -0.15) is 0 Å². The van der Waals surface area contributed by atoms with Crippen LogP contribution in [-0.2, 0) is 0 Å². The number of nitrogens with zero attached hydrogens (tertiary/aromatic N) is 2. The zero-order valence-electron chi connectivity index (χ0n) is 10.9.